The molecule has 0 aromatic heterocycles. The number of benzene rings is 1. The van der Waals surface area contributed by atoms with Crippen LogP contribution in [0, 0.1) is 0 Å². The molecule has 1 aliphatic rings. The topological polar surface area (TPSA) is 24.1 Å². The van der Waals surface area contributed by atoms with Crippen LogP contribution in [0.5, 0.6) is 0 Å². The summed E-state index contributed by atoms with van der Waals surface area (Å²) in [5.41, 5.74) is 1.34. The molecule has 0 radical (unpaired) electrons. The molecule has 0 aliphatic carbocycles. The Hall–Kier alpha value is -0.380. The molecule has 0 saturated carbocycles. The average molecular weight is 269 g/mol. The Balaban J connectivity index is 1.81. The first-order chi connectivity index (χ1) is 7.34. The first kappa shape index (κ1) is 11.1. The van der Waals surface area contributed by atoms with Gasteiger partial charge in [0.1, 0.15) is 0 Å². The summed E-state index contributed by atoms with van der Waals surface area (Å²) >= 11 is 3.49. The van der Waals surface area contributed by atoms with Gasteiger partial charge in [-0.1, -0.05) is 28.1 Å². The standard InChI is InChI=1S/C12H17BrN2/c13-11-4-1-3-10(7-11)8-15-12-5-2-6-14-9-12/h1,3-4,7,12,14-15H,2,5-6,8-9H2/t12-/m0/s1. The van der Waals surface area contributed by atoms with Gasteiger partial charge in [0.05, 0.1) is 0 Å². The van der Waals surface area contributed by atoms with Crippen LogP contribution in [0.2, 0.25) is 0 Å². The van der Waals surface area contributed by atoms with E-state index in [1.165, 1.54) is 24.9 Å². The van der Waals surface area contributed by atoms with Crippen molar-refractivity contribution in [3.05, 3.63) is 34.3 Å². The van der Waals surface area contributed by atoms with Crippen molar-refractivity contribution in [3.63, 3.8) is 0 Å². The lowest BCUT2D eigenvalue weighted by molar-refractivity contribution is 0.389. The van der Waals surface area contributed by atoms with Gasteiger partial charge in [0, 0.05) is 23.6 Å². The Bertz CT molecular complexity index is 308. The fraction of sp³-hybridized carbons (Fsp3) is 0.500. The Morgan fingerprint density at radius 3 is 3.13 bits per heavy atom. The molecule has 0 amide bonds. The van der Waals surface area contributed by atoms with Crippen molar-refractivity contribution in [3.8, 4) is 0 Å². The summed E-state index contributed by atoms with van der Waals surface area (Å²) in [5.74, 6) is 0. The highest BCUT2D eigenvalue weighted by Gasteiger charge is 2.11. The Kier molecular flexibility index (Phi) is 4.18. The summed E-state index contributed by atoms with van der Waals surface area (Å²) in [6.45, 7) is 3.24. The lowest BCUT2D eigenvalue weighted by Gasteiger charge is -2.23. The molecule has 1 heterocycles. The van der Waals surface area contributed by atoms with E-state index in [-0.39, 0.29) is 0 Å². The molecule has 15 heavy (non-hydrogen) atoms. The first-order valence-corrected chi connectivity index (χ1v) is 6.32. The summed E-state index contributed by atoms with van der Waals surface area (Å²) in [6.07, 6.45) is 2.58. The van der Waals surface area contributed by atoms with Crippen LogP contribution >= 0.6 is 15.9 Å². The second-order valence-corrected chi connectivity index (χ2v) is 4.97. The predicted molar refractivity (Wildman–Crippen MR) is 66.9 cm³/mol. The summed E-state index contributed by atoms with van der Waals surface area (Å²) in [6, 6.07) is 9.11. The summed E-state index contributed by atoms with van der Waals surface area (Å²) in [4.78, 5) is 0. The molecule has 1 aromatic carbocycles. The SMILES string of the molecule is Brc1cccc(CN[C@H]2CCCNC2)c1. The molecule has 1 atom stereocenters. The van der Waals surface area contributed by atoms with E-state index in [4.69, 9.17) is 0 Å². The molecule has 1 saturated heterocycles. The second-order valence-electron chi connectivity index (χ2n) is 4.05. The van der Waals surface area contributed by atoms with E-state index in [0.717, 1.165) is 17.6 Å². The number of rotatable bonds is 3. The van der Waals surface area contributed by atoms with Crippen LogP contribution in [0.3, 0.4) is 0 Å². The van der Waals surface area contributed by atoms with E-state index in [9.17, 15) is 0 Å². The van der Waals surface area contributed by atoms with Crippen LogP contribution < -0.4 is 10.6 Å². The number of piperidine rings is 1. The highest BCUT2D eigenvalue weighted by molar-refractivity contribution is 9.10. The second kappa shape index (κ2) is 5.64. The quantitative estimate of drug-likeness (QED) is 0.879. The van der Waals surface area contributed by atoms with Crippen LogP contribution in [-0.4, -0.2) is 19.1 Å². The van der Waals surface area contributed by atoms with Gasteiger partial charge in [-0.25, -0.2) is 0 Å². The van der Waals surface area contributed by atoms with Gasteiger partial charge >= 0.3 is 0 Å². The van der Waals surface area contributed by atoms with Gasteiger partial charge in [0.2, 0.25) is 0 Å². The van der Waals surface area contributed by atoms with E-state index in [2.05, 4.69) is 50.8 Å². The Morgan fingerprint density at radius 2 is 2.40 bits per heavy atom. The number of nitrogens with one attached hydrogen (secondary N) is 2. The molecule has 1 fully saturated rings. The molecule has 2 N–H and O–H groups in total. The molecule has 1 aliphatic heterocycles. The number of hydrogen-bond donors (Lipinski definition) is 2. The van der Waals surface area contributed by atoms with Gasteiger partial charge in [0.25, 0.3) is 0 Å². The van der Waals surface area contributed by atoms with E-state index < -0.39 is 0 Å². The Labute approximate surface area is 99.6 Å². The molecule has 1 aromatic rings. The molecule has 0 bridgehead atoms. The van der Waals surface area contributed by atoms with E-state index in [1.807, 2.05) is 0 Å². The zero-order chi connectivity index (χ0) is 10.5. The van der Waals surface area contributed by atoms with Gasteiger partial charge in [-0.2, -0.15) is 0 Å². The van der Waals surface area contributed by atoms with Gasteiger partial charge in [-0.3, -0.25) is 0 Å². The van der Waals surface area contributed by atoms with Crippen molar-refractivity contribution in [1.29, 1.82) is 0 Å². The average Bonchev–Trinajstić information content (AvgIpc) is 2.28. The van der Waals surface area contributed by atoms with Crippen LogP contribution in [0.25, 0.3) is 0 Å². The lowest BCUT2D eigenvalue weighted by atomic mass is 10.1. The highest BCUT2D eigenvalue weighted by Crippen LogP contribution is 2.12. The minimum absolute atomic E-state index is 0.637. The van der Waals surface area contributed by atoms with E-state index in [1.54, 1.807) is 0 Å². The minimum atomic E-state index is 0.637. The molecule has 2 rings (SSSR count). The first-order valence-electron chi connectivity index (χ1n) is 5.53. The molecule has 82 valence electrons. The molecule has 2 nitrogen and oxygen atoms in total. The van der Waals surface area contributed by atoms with Crippen LogP contribution in [0.4, 0.5) is 0 Å². The van der Waals surface area contributed by atoms with Crippen molar-refractivity contribution in [2.24, 2.45) is 0 Å². The summed E-state index contributed by atoms with van der Waals surface area (Å²) < 4.78 is 1.16. The molecule has 3 heteroatoms. The third kappa shape index (κ3) is 3.59. The van der Waals surface area contributed by atoms with Crippen molar-refractivity contribution < 1.29 is 0 Å². The van der Waals surface area contributed by atoms with E-state index >= 15 is 0 Å². The molecular weight excluding hydrogens is 252 g/mol. The molecule has 0 unspecified atom stereocenters. The summed E-state index contributed by atoms with van der Waals surface area (Å²) in [7, 11) is 0. The smallest absolute Gasteiger partial charge is 0.0209 e. The highest BCUT2D eigenvalue weighted by atomic mass is 79.9. The van der Waals surface area contributed by atoms with E-state index in [0.29, 0.717) is 6.04 Å². The zero-order valence-electron chi connectivity index (χ0n) is 8.80. The molecular formula is C12H17BrN2. The maximum atomic E-state index is 3.58. The Morgan fingerprint density at radius 1 is 1.47 bits per heavy atom. The summed E-state index contributed by atoms with van der Waals surface area (Å²) in [5, 5.41) is 6.99. The maximum absolute atomic E-state index is 3.58. The van der Waals surface area contributed by atoms with Gasteiger partial charge in [-0.05, 0) is 37.1 Å². The monoisotopic (exact) mass is 268 g/mol. The predicted octanol–water partition coefficient (Wildman–Crippen LogP) is 2.29. The fourth-order valence-corrected chi connectivity index (χ4v) is 2.38. The molecule has 0 spiro atoms. The van der Waals surface area contributed by atoms with Crippen LogP contribution in [0.15, 0.2) is 28.7 Å². The van der Waals surface area contributed by atoms with Crippen molar-refractivity contribution in [2.45, 2.75) is 25.4 Å². The fourth-order valence-electron chi connectivity index (χ4n) is 1.94. The van der Waals surface area contributed by atoms with Crippen molar-refractivity contribution in [1.82, 2.24) is 10.6 Å². The van der Waals surface area contributed by atoms with Gasteiger partial charge in [0.15, 0.2) is 0 Å². The normalized spacial score (nSPS) is 21.5. The van der Waals surface area contributed by atoms with Gasteiger partial charge < -0.3 is 10.6 Å². The van der Waals surface area contributed by atoms with Gasteiger partial charge in [-0.15, -0.1) is 0 Å². The zero-order valence-corrected chi connectivity index (χ0v) is 10.4. The maximum Gasteiger partial charge on any atom is 0.0209 e. The number of hydrogen-bond acceptors (Lipinski definition) is 2. The third-order valence-electron chi connectivity index (χ3n) is 2.78. The number of halogens is 1. The third-order valence-corrected chi connectivity index (χ3v) is 3.27. The minimum Gasteiger partial charge on any atom is -0.315 e. The van der Waals surface area contributed by atoms with Crippen LogP contribution in [-0.2, 0) is 6.54 Å². The largest absolute Gasteiger partial charge is 0.315 e. The lowest BCUT2D eigenvalue weighted by Crippen LogP contribution is -2.42. The van der Waals surface area contributed by atoms with Crippen LogP contribution in [0.1, 0.15) is 18.4 Å². The van der Waals surface area contributed by atoms with Crippen molar-refractivity contribution in [2.75, 3.05) is 13.1 Å². The van der Waals surface area contributed by atoms with Crippen molar-refractivity contribution >= 4 is 15.9 Å².